The number of unbranched alkanes of at least 4 members (excludes halogenated alkanes) is 15. The number of esters is 1. The molecule has 0 spiro atoms. The lowest BCUT2D eigenvalue weighted by molar-refractivity contribution is -0.145. The second-order valence-corrected chi connectivity index (χ2v) is 9.26. The Balaban J connectivity index is 1.95. The number of halogens is 2. The first-order chi connectivity index (χ1) is 16.5. The molecule has 0 bridgehead atoms. The number of nitrogens with one attached hydrogen (secondary N) is 1. The molecule has 1 atom stereocenters. The summed E-state index contributed by atoms with van der Waals surface area (Å²) in [6, 6.07) is 2.20. The summed E-state index contributed by atoms with van der Waals surface area (Å²) >= 11 is 0. The van der Waals surface area contributed by atoms with E-state index in [0.29, 0.717) is 0 Å². The summed E-state index contributed by atoms with van der Waals surface area (Å²) < 4.78 is 32.5. The summed E-state index contributed by atoms with van der Waals surface area (Å²) in [5, 5.41) is 2.29. The Hall–Kier alpha value is -1.98. The second-order valence-electron chi connectivity index (χ2n) is 9.26. The van der Waals surface area contributed by atoms with E-state index >= 15 is 0 Å². The van der Waals surface area contributed by atoms with Gasteiger partial charge < -0.3 is 10.1 Å². The van der Waals surface area contributed by atoms with Gasteiger partial charge in [0.05, 0.1) is 6.61 Å². The van der Waals surface area contributed by atoms with Gasteiger partial charge in [-0.2, -0.15) is 0 Å². The fourth-order valence-corrected chi connectivity index (χ4v) is 3.99. The predicted octanol–water partition coefficient (Wildman–Crippen LogP) is 7.89. The summed E-state index contributed by atoms with van der Waals surface area (Å²) in [6.07, 6.45) is 20.4. The van der Waals surface area contributed by atoms with Crippen LogP contribution in [-0.2, 0) is 9.53 Å². The molecule has 194 valence electrons. The van der Waals surface area contributed by atoms with Gasteiger partial charge >= 0.3 is 5.97 Å². The number of hydrogen-bond acceptors (Lipinski definition) is 3. The fraction of sp³-hybridized carbons (Fsp3) is 0.714. The molecule has 0 unspecified atom stereocenters. The molecule has 1 aromatic rings. The average Bonchev–Trinajstić information content (AvgIpc) is 2.80. The van der Waals surface area contributed by atoms with E-state index in [4.69, 9.17) is 4.74 Å². The number of rotatable bonds is 20. The van der Waals surface area contributed by atoms with E-state index < -0.39 is 35.1 Å². The molecule has 0 aliphatic rings. The van der Waals surface area contributed by atoms with Crippen molar-refractivity contribution in [2.45, 2.75) is 123 Å². The maximum atomic E-state index is 13.7. The Bertz CT molecular complexity index is 676. The molecule has 1 amide bonds. The molecule has 6 heteroatoms. The molecule has 4 nitrogen and oxygen atoms in total. The van der Waals surface area contributed by atoms with Crippen LogP contribution < -0.4 is 5.32 Å². The topological polar surface area (TPSA) is 55.4 Å². The van der Waals surface area contributed by atoms with E-state index in [1.54, 1.807) is 0 Å². The minimum Gasteiger partial charge on any atom is -0.464 e. The third-order valence-electron chi connectivity index (χ3n) is 6.13. The lowest BCUT2D eigenvalue weighted by Gasteiger charge is -2.14. The van der Waals surface area contributed by atoms with Gasteiger partial charge in [-0.15, -0.1) is 0 Å². The zero-order valence-electron chi connectivity index (χ0n) is 21.3. The maximum absolute atomic E-state index is 13.7. The first-order valence-electron chi connectivity index (χ1n) is 13.4. The van der Waals surface area contributed by atoms with Gasteiger partial charge in [-0.25, -0.2) is 13.6 Å². The molecule has 0 saturated carbocycles. The van der Waals surface area contributed by atoms with Crippen molar-refractivity contribution in [1.82, 2.24) is 5.32 Å². The first-order valence-corrected chi connectivity index (χ1v) is 13.4. The normalized spacial score (nSPS) is 11.9. The number of carbonyl (C=O) groups is 2. The van der Waals surface area contributed by atoms with Crippen molar-refractivity contribution in [1.29, 1.82) is 0 Å². The van der Waals surface area contributed by atoms with Crippen molar-refractivity contribution in [3.8, 4) is 0 Å². The van der Waals surface area contributed by atoms with Crippen molar-refractivity contribution in [3.63, 3.8) is 0 Å². The van der Waals surface area contributed by atoms with Gasteiger partial charge in [0.2, 0.25) is 0 Å². The van der Waals surface area contributed by atoms with Crippen LogP contribution in [0.25, 0.3) is 0 Å². The summed E-state index contributed by atoms with van der Waals surface area (Å²) in [6.45, 7) is 3.98. The number of ether oxygens (including phenoxy) is 1. The molecule has 0 radical (unpaired) electrons. The highest BCUT2D eigenvalue weighted by molar-refractivity contribution is 5.97. The zero-order chi connectivity index (χ0) is 25.0. The molecule has 0 aliphatic heterocycles. The lowest BCUT2D eigenvalue weighted by Crippen LogP contribution is -2.40. The van der Waals surface area contributed by atoms with Crippen LogP contribution in [0.1, 0.15) is 127 Å². The minimum atomic E-state index is -0.979. The van der Waals surface area contributed by atoms with Crippen molar-refractivity contribution in [2.75, 3.05) is 6.61 Å². The molecule has 0 heterocycles. The number of carbonyl (C=O) groups excluding carboxylic acids is 2. The van der Waals surface area contributed by atoms with Crippen LogP contribution in [0.15, 0.2) is 18.2 Å². The van der Waals surface area contributed by atoms with Gasteiger partial charge in [0.25, 0.3) is 5.91 Å². The molecular formula is C28H45F2NO3. The molecule has 0 fully saturated rings. The molecule has 1 rings (SSSR count). The molecule has 0 aromatic heterocycles. The largest absolute Gasteiger partial charge is 0.464 e. The molecule has 1 N–H and O–H groups in total. The van der Waals surface area contributed by atoms with Crippen molar-refractivity contribution >= 4 is 11.9 Å². The van der Waals surface area contributed by atoms with Gasteiger partial charge in [0.15, 0.2) is 0 Å². The molecular weight excluding hydrogens is 436 g/mol. The van der Waals surface area contributed by atoms with Crippen LogP contribution in [-0.4, -0.2) is 24.5 Å². The quantitative estimate of drug-likeness (QED) is 0.152. The van der Waals surface area contributed by atoms with E-state index in [2.05, 4.69) is 12.2 Å². The van der Waals surface area contributed by atoms with Crippen LogP contribution >= 0.6 is 0 Å². The third kappa shape index (κ3) is 13.7. The van der Waals surface area contributed by atoms with Gasteiger partial charge in [0, 0.05) is 0 Å². The Morgan fingerprint density at radius 1 is 0.765 bits per heavy atom. The molecule has 0 aliphatic carbocycles. The van der Waals surface area contributed by atoms with Gasteiger partial charge in [-0.3, -0.25) is 4.79 Å². The lowest BCUT2D eigenvalue weighted by atomic mass is 10.0. The predicted molar refractivity (Wildman–Crippen MR) is 134 cm³/mol. The van der Waals surface area contributed by atoms with Crippen LogP contribution in [0.5, 0.6) is 0 Å². The second kappa shape index (κ2) is 19.3. The molecule has 0 saturated heterocycles. The highest BCUT2D eigenvalue weighted by Crippen LogP contribution is 2.14. The Kier molecular flexibility index (Phi) is 17.1. The minimum absolute atomic E-state index is 0.283. The smallest absolute Gasteiger partial charge is 0.328 e. The summed E-state index contributed by atoms with van der Waals surface area (Å²) in [7, 11) is 0. The number of benzene rings is 1. The Morgan fingerprint density at radius 2 is 1.18 bits per heavy atom. The van der Waals surface area contributed by atoms with E-state index in [1.165, 1.54) is 96.5 Å². The fourth-order valence-electron chi connectivity index (χ4n) is 3.99. The van der Waals surface area contributed by atoms with Gasteiger partial charge in [0.1, 0.15) is 23.2 Å². The monoisotopic (exact) mass is 481 g/mol. The Morgan fingerprint density at radius 3 is 1.62 bits per heavy atom. The van der Waals surface area contributed by atoms with E-state index in [9.17, 15) is 18.4 Å². The third-order valence-corrected chi connectivity index (χ3v) is 6.13. The number of hydrogen-bond donors (Lipinski definition) is 1. The van der Waals surface area contributed by atoms with Crippen LogP contribution in [0.2, 0.25) is 0 Å². The van der Waals surface area contributed by atoms with E-state index in [0.717, 1.165) is 31.4 Å². The van der Waals surface area contributed by atoms with Crippen LogP contribution in [0, 0.1) is 11.6 Å². The van der Waals surface area contributed by atoms with Crippen molar-refractivity contribution in [2.24, 2.45) is 0 Å². The van der Waals surface area contributed by atoms with Gasteiger partial charge in [-0.05, 0) is 25.5 Å². The Labute approximate surface area is 205 Å². The summed E-state index contributed by atoms with van der Waals surface area (Å²) in [5.74, 6) is -3.51. The number of amides is 1. The van der Waals surface area contributed by atoms with E-state index in [1.807, 2.05) is 0 Å². The summed E-state index contributed by atoms with van der Waals surface area (Å²) in [5.41, 5.74) is -0.694. The van der Waals surface area contributed by atoms with E-state index in [-0.39, 0.29) is 6.61 Å². The van der Waals surface area contributed by atoms with Crippen molar-refractivity contribution in [3.05, 3.63) is 35.4 Å². The van der Waals surface area contributed by atoms with Crippen molar-refractivity contribution < 1.29 is 23.1 Å². The molecule has 1 aromatic carbocycles. The highest BCUT2D eigenvalue weighted by atomic mass is 19.1. The summed E-state index contributed by atoms with van der Waals surface area (Å²) in [4.78, 5) is 24.1. The van der Waals surface area contributed by atoms with Gasteiger partial charge in [-0.1, -0.05) is 109 Å². The zero-order valence-corrected chi connectivity index (χ0v) is 21.3. The molecule has 34 heavy (non-hydrogen) atoms. The first kappa shape index (κ1) is 30.1. The van der Waals surface area contributed by atoms with Crippen LogP contribution in [0.3, 0.4) is 0 Å². The SMILES string of the molecule is CCCCCCCCCCCCCCCCCCOC(=O)[C@H](C)NC(=O)c1c(F)cccc1F. The standard InChI is InChI=1S/C28H45F2NO3/c1-3-4-5-6-7-8-9-10-11-12-13-14-15-16-17-18-22-34-28(33)23(2)31-27(32)26-24(29)20-19-21-25(26)30/h19-21,23H,3-18,22H2,1-2H3,(H,31,32)/t23-/m0/s1. The maximum Gasteiger partial charge on any atom is 0.328 e. The van der Waals surface area contributed by atoms with Crippen LogP contribution in [0.4, 0.5) is 8.78 Å². The average molecular weight is 482 g/mol. The highest BCUT2D eigenvalue weighted by Gasteiger charge is 2.22.